The molecule has 1 aromatic heterocycles. The Morgan fingerprint density at radius 2 is 1.97 bits per heavy atom. The summed E-state index contributed by atoms with van der Waals surface area (Å²) in [5, 5.41) is 13.6. The van der Waals surface area contributed by atoms with Crippen molar-refractivity contribution in [2.24, 2.45) is 4.99 Å². The first kappa shape index (κ1) is 20.3. The van der Waals surface area contributed by atoms with Crippen molar-refractivity contribution < 1.29 is 9.13 Å². The molecule has 7 nitrogen and oxygen atoms in total. The van der Waals surface area contributed by atoms with Gasteiger partial charge in [0.05, 0.1) is 20.2 Å². The van der Waals surface area contributed by atoms with Crippen LogP contribution in [-0.4, -0.2) is 34.8 Å². The minimum atomic E-state index is -0.219. The van der Waals surface area contributed by atoms with Crippen molar-refractivity contribution in [3.63, 3.8) is 0 Å². The third kappa shape index (κ3) is 5.54. The minimum absolute atomic E-state index is 0.219. The second-order valence-corrected chi connectivity index (χ2v) is 6.47. The second kappa shape index (κ2) is 9.68. The molecule has 0 atom stereocenters. The molecule has 29 heavy (non-hydrogen) atoms. The molecule has 0 aliphatic heterocycles. The Bertz CT molecular complexity index is 968. The van der Waals surface area contributed by atoms with E-state index in [4.69, 9.17) is 4.74 Å². The van der Waals surface area contributed by atoms with Crippen LogP contribution in [0.2, 0.25) is 0 Å². The lowest BCUT2D eigenvalue weighted by atomic mass is 10.1. The van der Waals surface area contributed by atoms with Gasteiger partial charge in [0.25, 0.3) is 0 Å². The zero-order valence-corrected chi connectivity index (χ0v) is 16.8. The molecule has 0 unspecified atom stereocenters. The van der Waals surface area contributed by atoms with Crippen LogP contribution in [0.15, 0.2) is 47.5 Å². The van der Waals surface area contributed by atoms with Crippen molar-refractivity contribution in [2.45, 2.75) is 26.9 Å². The maximum Gasteiger partial charge on any atom is 0.191 e. The van der Waals surface area contributed by atoms with Crippen LogP contribution in [0.5, 0.6) is 5.75 Å². The highest BCUT2D eigenvalue weighted by Gasteiger charge is 2.07. The average Bonchev–Trinajstić information content (AvgIpc) is 3.21. The van der Waals surface area contributed by atoms with Crippen LogP contribution in [-0.2, 0) is 13.1 Å². The molecule has 0 fully saturated rings. The number of halogens is 1. The van der Waals surface area contributed by atoms with E-state index in [1.54, 1.807) is 20.1 Å². The molecule has 0 saturated carbocycles. The number of aromatic nitrogens is 3. The number of nitrogens with zero attached hydrogens (tertiary/aromatic N) is 3. The average molecular weight is 396 g/mol. The van der Waals surface area contributed by atoms with Crippen LogP contribution in [0.3, 0.4) is 0 Å². The molecule has 3 rings (SSSR count). The molecule has 0 radical (unpaired) electrons. The highest BCUT2D eigenvalue weighted by Crippen LogP contribution is 2.18. The topological polar surface area (TPSA) is 87.2 Å². The summed E-state index contributed by atoms with van der Waals surface area (Å²) in [6, 6.07) is 12.7. The number of methoxy groups -OCH3 is 1. The quantitative estimate of drug-likeness (QED) is 0.422. The first-order valence-corrected chi connectivity index (χ1v) is 9.42. The fraction of sp³-hybridized carbons (Fsp3) is 0.286. The van der Waals surface area contributed by atoms with Crippen molar-refractivity contribution in [2.75, 3.05) is 13.7 Å². The van der Waals surface area contributed by atoms with Gasteiger partial charge in [-0.05, 0) is 55.3 Å². The Morgan fingerprint density at radius 3 is 2.66 bits per heavy atom. The van der Waals surface area contributed by atoms with Gasteiger partial charge < -0.3 is 15.4 Å². The lowest BCUT2D eigenvalue weighted by molar-refractivity contribution is 0.415. The summed E-state index contributed by atoms with van der Waals surface area (Å²) in [5.41, 5.74) is 2.34. The Kier molecular flexibility index (Phi) is 6.78. The van der Waals surface area contributed by atoms with E-state index in [9.17, 15) is 4.39 Å². The fourth-order valence-corrected chi connectivity index (χ4v) is 2.66. The molecule has 8 heteroatoms. The van der Waals surface area contributed by atoms with Gasteiger partial charge in [-0.15, -0.1) is 0 Å². The van der Waals surface area contributed by atoms with Crippen LogP contribution < -0.4 is 15.4 Å². The van der Waals surface area contributed by atoms with E-state index < -0.39 is 0 Å². The van der Waals surface area contributed by atoms with Gasteiger partial charge in [-0.3, -0.25) is 5.10 Å². The molecule has 0 aliphatic carbocycles. The van der Waals surface area contributed by atoms with Crippen molar-refractivity contribution in [1.29, 1.82) is 0 Å². The summed E-state index contributed by atoms with van der Waals surface area (Å²) in [6.07, 6.45) is 0. The number of rotatable bonds is 7. The van der Waals surface area contributed by atoms with Crippen molar-refractivity contribution in [1.82, 2.24) is 25.8 Å². The number of nitrogens with one attached hydrogen (secondary N) is 3. The fourth-order valence-electron chi connectivity index (χ4n) is 2.66. The predicted octanol–water partition coefficient (Wildman–Crippen LogP) is 3.18. The Morgan fingerprint density at radius 1 is 1.17 bits per heavy atom. The standard InChI is InChI=1S/C21H25FN6O/c1-4-23-21(24-12-15-6-5-14(2)18(22)11-15)25-13-19-26-20(28-27-19)16-7-9-17(29-3)10-8-16/h5-11H,4,12-13H2,1-3H3,(H2,23,24,25)(H,26,27,28). The normalized spacial score (nSPS) is 11.4. The molecule has 152 valence electrons. The highest BCUT2D eigenvalue weighted by molar-refractivity contribution is 5.79. The third-order valence-electron chi connectivity index (χ3n) is 4.30. The smallest absolute Gasteiger partial charge is 0.191 e. The zero-order valence-electron chi connectivity index (χ0n) is 16.8. The summed E-state index contributed by atoms with van der Waals surface area (Å²) in [4.78, 5) is 9.01. The summed E-state index contributed by atoms with van der Waals surface area (Å²) in [7, 11) is 1.63. The lowest BCUT2D eigenvalue weighted by Crippen LogP contribution is -2.37. The molecule has 3 aromatic rings. The van der Waals surface area contributed by atoms with Crippen LogP contribution in [0.25, 0.3) is 11.4 Å². The largest absolute Gasteiger partial charge is 0.497 e. The van der Waals surface area contributed by atoms with Gasteiger partial charge in [-0.25, -0.2) is 14.4 Å². The monoisotopic (exact) mass is 396 g/mol. The minimum Gasteiger partial charge on any atom is -0.497 e. The summed E-state index contributed by atoms with van der Waals surface area (Å²) in [5.74, 6) is 2.48. The molecular weight excluding hydrogens is 371 g/mol. The molecule has 3 N–H and O–H groups in total. The molecule has 0 amide bonds. The van der Waals surface area contributed by atoms with Gasteiger partial charge in [0.2, 0.25) is 0 Å². The third-order valence-corrected chi connectivity index (χ3v) is 4.30. The van der Waals surface area contributed by atoms with Gasteiger partial charge in [-0.1, -0.05) is 12.1 Å². The van der Waals surface area contributed by atoms with E-state index in [1.807, 2.05) is 37.3 Å². The van der Waals surface area contributed by atoms with E-state index in [-0.39, 0.29) is 5.82 Å². The maximum absolute atomic E-state index is 13.7. The van der Waals surface area contributed by atoms with E-state index in [2.05, 4.69) is 30.8 Å². The molecule has 2 aromatic carbocycles. The predicted molar refractivity (Wildman–Crippen MR) is 111 cm³/mol. The number of guanidine groups is 1. The van der Waals surface area contributed by atoms with Gasteiger partial charge in [0.1, 0.15) is 17.4 Å². The highest BCUT2D eigenvalue weighted by atomic mass is 19.1. The Labute approximate surface area is 169 Å². The number of benzene rings is 2. The number of aliphatic imine (C=N–C) groups is 1. The van der Waals surface area contributed by atoms with Gasteiger partial charge in [-0.2, -0.15) is 5.10 Å². The maximum atomic E-state index is 13.7. The van der Waals surface area contributed by atoms with Crippen LogP contribution in [0.4, 0.5) is 4.39 Å². The van der Waals surface area contributed by atoms with Gasteiger partial charge >= 0.3 is 0 Å². The van der Waals surface area contributed by atoms with Crippen molar-refractivity contribution in [3.8, 4) is 17.1 Å². The van der Waals surface area contributed by atoms with Crippen LogP contribution in [0, 0.1) is 12.7 Å². The number of aryl methyl sites for hydroxylation is 1. The number of hydrogen-bond donors (Lipinski definition) is 3. The van der Waals surface area contributed by atoms with E-state index in [0.29, 0.717) is 42.8 Å². The molecule has 0 bridgehead atoms. The molecule has 0 saturated heterocycles. The van der Waals surface area contributed by atoms with Crippen LogP contribution >= 0.6 is 0 Å². The number of aromatic amines is 1. The van der Waals surface area contributed by atoms with Gasteiger partial charge in [0.15, 0.2) is 11.8 Å². The zero-order chi connectivity index (χ0) is 20.6. The van der Waals surface area contributed by atoms with E-state index in [1.165, 1.54) is 6.07 Å². The van der Waals surface area contributed by atoms with Crippen molar-refractivity contribution in [3.05, 3.63) is 65.2 Å². The Hall–Kier alpha value is -3.42. The summed E-state index contributed by atoms with van der Waals surface area (Å²) in [6.45, 7) is 5.24. The van der Waals surface area contributed by atoms with Gasteiger partial charge in [0, 0.05) is 12.1 Å². The Balaban J connectivity index is 1.62. The van der Waals surface area contributed by atoms with Crippen molar-refractivity contribution >= 4 is 5.96 Å². The molecule has 0 spiro atoms. The van der Waals surface area contributed by atoms with Crippen LogP contribution in [0.1, 0.15) is 23.9 Å². The molecule has 1 heterocycles. The number of H-pyrrole nitrogens is 1. The lowest BCUT2D eigenvalue weighted by Gasteiger charge is -2.10. The summed E-state index contributed by atoms with van der Waals surface area (Å²) >= 11 is 0. The first-order chi connectivity index (χ1) is 14.1. The number of hydrogen-bond acceptors (Lipinski definition) is 4. The van der Waals surface area contributed by atoms with E-state index in [0.717, 1.165) is 16.9 Å². The summed E-state index contributed by atoms with van der Waals surface area (Å²) < 4.78 is 18.9. The molecule has 0 aliphatic rings. The molecular formula is C21H25FN6O. The van der Waals surface area contributed by atoms with E-state index >= 15 is 0 Å². The SMILES string of the molecule is CCNC(=NCc1ccc(C)c(F)c1)NCc1nc(-c2ccc(OC)cc2)n[nH]1. The second-order valence-electron chi connectivity index (χ2n) is 6.47. The first-order valence-electron chi connectivity index (χ1n) is 9.42. The number of ether oxygens (including phenoxy) is 1.